The average molecular weight is 241 g/mol. The first-order valence-electron chi connectivity index (χ1n) is 4.46. The van der Waals surface area contributed by atoms with Gasteiger partial charge in [0, 0.05) is 6.07 Å². The molecular formula is C10H9ClN2O3. The number of halogens is 1. The Hall–Kier alpha value is -1.75. The van der Waals surface area contributed by atoms with Gasteiger partial charge in [0.05, 0.1) is 19.8 Å². The molecule has 1 aromatic heterocycles. The van der Waals surface area contributed by atoms with E-state index < -0.39 is 0 Å². The van der Waals surface area contributed by atoms with Crippen molar-refractivity contribution in [2.24, 2.45) is 0 Å². The fraction of sp³-hybridized carbons (Fsp3) is 0.200. The summed E-state index contributed by atoms with van der Waals surface area (Å²) in [7, 11) is 3.13. The first-order valence-corrected chi connectivity index (χ1v) is 4.84. The van der Waals surface area contributed by atoms with Crippen molar-refractivity contribution >= 4 is 11.6 Å². The van der Waals surface area contributed by atoms with Crippen LogP contribution >= 0.6 is 11.6 Å². The van der Waals surface area contributed by atoms with E-state index in [0.717, 1.165) is 0 Å². The monoisotopic (exact) mass is 240 g/mol. The smallest absolute Gasteiger partial charge is 0.264 e. The summed E-state index contributed by atoms with van der Waals surface area (Å²) in [5.74, 6) is 1.58. The fourth-order valence-corrected chi connectivity index (χ4v) is 1.40. The second kappa shape index (κ2) is 4.40. The molecule has 0 unspecified atom stereocenters. The number of nitrogens with zero attached hydrogens (tertiary/aromatic N) is 2. The molecule has 0 fully saturated rings. The molecule has 0 aliphatic heterocycles. The second-order valence-corrected chi connectivity index (χ2v) is 3.27. The molecule has 5 nitrogen and oxygen atoms in total. The van der Waals surface area contributed by atoms with Crippen molar-refractivity contribution < 1.29 is 14.0 Å². The van der Waals surface area contributed by atoms with Crippen LogP contribution in [-0.2, 0) is 0 Å². The lowest BCUT2D eigenvalue weighted by Gasteiger charge is -2.06. The van der Waals surface area contributed by atoms with Crippen LogP contribution in [0.3, 0.4) is 0 Å². The Balaban J connectivity index is 2.48. The molecule has 0 aliphatic rings. The molecule has 0 radical (unpaired) electrons. The Morgan fingerprint density at radius 3 is 2.62 bits per heavy atom. The van der Waals surface area contributed by atoms with Crippen molar-refractivity contribution in [2.45, 2.75) is 0 Å². The van der Waals surface area contributed by atoms with Gasteiger partial charge in [-0.25, -0.2) is 0 Å². The van der Waals surface area contributed by atoms with Crippen LogP contribution in [0.2, 0.25) is 5.28 Å². The summed E-state index contributed by atoms with van der Waals surface area (Å²) < 4.78 is 15.2. The summed E-state index contributed by atoms with van der Waals surface area (Å²) in [6, 6.07) is 5.27. The van der Waals surface area contributed by atoms with Gasteiger partial charge in [-0.1, -0.05) is 0 Å². The summed E-state index contributed by atoms with van der Waals surface area (Å²) in [5.41, 5.74) is 0.669. The Morgan fingerprint density at radius 2 is 2.06 bits per heavy atom. The number of ether oxygens (including phenoxy) is 2. The van der Waals surface area contributed by atoms with Gasteiger partial charge in [-0.2, -0.15) is 4.98 Å². The first kappa shape index (κ1) is 10.8. The predicted octanol–water partition coefficient (Wildman–Crippen LogP) is 2.41. The molecule has 2 aromatic rings. The van der Waals surface area contributed by atoms with E-state index in [9.17, 15) is 0 Å². The largest absolute Gasteiger partial charge is 0.497 e. The van der Waals surface area contributed by atoms with Gasteiger partial charge in [-0.15, -0.1) is 0 Å². The van der Waals surface area contributed by atoms with Gasteiger partial charge in [0.25, 0.3) is 11.2 Å². The Morgan fingerprint density at radius 1 is 1.25 bits per heavy atom. The van der Waals surface area contributed by atoms with Crippen molar-refractivity contribution in [3.8, 4) is 23.0 Å². The molecule has 2 rings (SSSR count). The number of hydrogen-bond donors (Lipinski definition) is 0. The van der Waals surface area contributed by atoms with E-state index in [4.69, 9.17) is 25.6 Å². The quantitative estimate of drug-likeness (QED) is 0.825. The van der Waals surface area contributed by atoms with E-state index in [1.807, 2.05) is 0 Å². The van der Waals surface area contributed by atoms with Crippen molar-refractivity contribution in [3.63, 3.8) is 0 Å². The highest BCUT2D eigenvalue weighted by Crippen LogP contribution is 2.32. The molecule has 0 N–H and O–H groups in total. The maximum Gasteiger partial charge on any atom is 0.264 e. The molecule has 0 atom stereocenters. The summed E-state index contributed by atoms with van der Waals surface area (Å²) in [6.07, 6.45) is 0. The van der Waals surface area contributed by atoms with Crippen LogP contribution in [0.25, 0.3) is 11.5 Å². The van der Waals surface area contributed by atoms with Gasteiger partial charge >= 0.3 is 0 Å². The zero-order valence-corrected chi connectivity index (χ0v) is 9.49. The minimum atomic E-state index is 0.0628. The van der Waals surface area contributed by atoms with Crippen LogP contribution in [0.15, 0.2) is 22.7 Å². The third-order valence-electron chi connectivity index (χ3n) is 2.04. The average Bonchev–Trinajstić information content (AvgIpc) is 2.74. The molecular weight excluding hydrogens is 232 g/mol. The maximum atomic E-state index is 5.58. The van der Waals surface area contributed by atoms with Crippen molar-refractivity contribution in [1.82, 2.24) is 10.1 Å². The normalized spacial score (nSPS) is 10.2. The first-order chi connectivity index (χ1) is 7.74. The van der Waals surface area contributed by atoms with Crippen molar-refractivity contribution in [2.75, 3.05) is 14.2 Å². The lowest BCUT2D eigenvalue weighted by molar-refractivity contribution is 0.390. The van der Waals surface area contributed by atoms with Crippen LogP contribution in [-0.4, -0.2) is 24.4 Å². The van der Waals surface area contributed by atoms with Crippen molar-refractivity contribution in [3.05, 3.63) is 23.5 Å². The highest BCUT2D eigenvalue weighted by Gasteiger charge is 2.13. The second-order valence-electron chi connectivity index (χ2n) is 2.93. The minimum absolute atomic E-state index is 0.0628. The van der Waals surface area contributed by atoms with Gasteiger partial charge < -0.3 is 14.0 Å². The van der Waals surface area contributed by atoms with E-state index in [1.54, 1.807) is 32.4 Å². The molecule has 0 saturated heterocycles. The number of aromatic nitrogens is 2. The van der Waals surface area contributed by atoms with E-state index in [2.05, 4.69) is 10.1 Å². The Bertz CT molecular complexity index is 499. The van der Waals surface area contributed by atoms with Crippen LogP contribution in [0.5, 0.6) is 11.5 Å². The third-order valence-corrected chi connectivity index (χ3v) is 2.19. The zero-order valence-electron chi connectivity index (χ0n) is 8.73. The topological polar surface area (TPSA) is 57.4 Å². The van der Waals surface area contributed by atoms with Crippen LogP contribution in [0, 0.1) is 0 Å². The number of methoxy groups -OCH3 is 2. The van der Waals surface area contributed by atoms with E-state index in [1.165, 1.54) is 0 Å². The lowest BCUT2D eigenvalue weighted by Crippen LogP contribution is -1.90. The van der Waals surface area contributed by atoms with Crippen LogP contribution < -0.4 is 9.47 Å². The molecule has 0 aliphatic carbocycles. The lowest BCUT2D eigenvalue weighted by atomic mass is 10.2. The molecule has 84 valence electrons. The molecule has 0 amide bonds. The zero-order chi connectivity index (χ0) is 11.5. The Labute approximate surface area is 96.9 Å². The highest BCUT2D eigenvalue weighted by molar-refractivity contribution is 6.28. The molecule has 6 heteroatoms. The molecule has 1 aromatic carbocycles. The molecule has 16 heavy (non-hydrogen) atoms. The van der Waals surface area contributed by atoms with E-state index in [0.29, 0.717) is 23.0 Å². The van der Waals surface area contributed by atoms with Gasteiger partial charge in [-0.3, -0.25) is 0 Å². The third kappa shape index (κ3) is 1.94. The molecule has 1 heterocycles. The number of hydrogen-bond acceptors (Lipinski definition) is 5. The minimum Gasteiger partial charge on any atom is -0.497 e. The standard InChI is InChI=1S/C10H9ClN2O3/c1-14-6-3-4-7(8(5-6)15-2)9-12-10(11)13-16-9/h3-5H,1-2H3. The van der Waals surface area contributed by atoms with Gasteiger partial charge in [-0.05, 0) is 28.9 Å². The maximum absolute atomic E-state index is 5.58. The molecule has 0 bridgehead atoms. The fourth-order valence-electron chi connectivity index (χ4n) is 1.29. The number of benzene rings is 1. The highest BCUT2D eigenvalue weighted by atomic mass is 35.5. The van der Waals surface area contributed by atoms with E-state index in [-0.39, 0.29) is 5.28 Å². The molecule has 0 saturated carbocycles. The molecule has 0 spiro atoms. The predicted molar refractivity (Wildman–Crippen MR) is 57.8 cm³/mol. The summed E-state index contributed by atoms with van der Waals surface area (Å²) in [4.78, 5) is 3.91. The van der Waals surface area contributed by atoms with Crippen LogP contribution in [0.1, 0.15) is 0 Å². The number of rotatable bonds is 3. The van der Waals surface area contributed by atoms with Gasteiger partial charge in [0.1, 0.15) is 11.5 Å². The summed E-state index contributed by atoms with van der Waals surface area (Å²) in [6.45, 7) is 0. The SMILES string of the molecule is COc1ccc(-c2nc(Cl)no2)c(OC)c1. The van der Waals surface area contributed by atoms with Gasteiger partial charge in [0.15, 0.2) is 0 Å². The van der Waals surface area contributed by atoms with E-state index >= 15 is 0 Å². The summed E-state index contributed by atoms with van der Waals surface area (Å²) >= 11 is 5.58. The van der Waals surface area contributed by atoms with Crippen molar-refractivity contribution in [1.29, 1.82) is 0 Å². The Kier molecular flexibility index (Phi) is 2.96. The summed E-state index contributed by atoms with van der Waals surface area (Å²) in [5, 5.41) is 3.57. The van der Waals surface area contributed by atoms with Gasteiger partial charge in [0.2, 0.25) is 0 Å². The van der Waals surface area contributed by atoms with Crippen LogP contribution in [0.4, 0.5) is 0 Å².